The van der Waals surface area contributed by atoms with Crippen LogP contribution in [0, 0.1) is 0 Å². The molecule has 1 saturated heterocycles. The molecule has 21 heavy (non-hydrogen) atoms. The number of ether oxygens (including phenoxy) is 2. The van der Waals surface area contributed by atoms with E-state index in [9.17, 15) is 9.50 Å². The third-order valence-electron chi connectivity index (χ3n) is 3.30. The van der Waals surface area contributed by atoms with Gasteiger partial charge < -0.3 is 19.7 Å². The zero-order valence-electron chi connectivity index (χ0n) is 10.8. The molecule has 2 aromatic heterocycles. The lowest BCUT2D eigenvalue weighted by Gasteiger charge is -2.15. The molecule has 3 rings (SSSR count). The SMILES string of the molecule is COc1nc(Cl)nc2c1ncn2[C@@H]1O[C@H](CO)[C@H](O)[C@@H]1F. The Kier molecular flexibility index (Phi) is 3.66. The van der Waals surface area contributed by atoms with Crippen molar-refractivity contribution in [3.05, 3.63) is 11.6 Å². The normalized spacial score (nSPS) is 29.2. The zero-order chi connectivity index (χ0) is 15.1. The summed E-state index contributed by atoms with van der Waals surface area (Å²) in [7, 11) is 1.40. The van der Waals surface area contributed by atoms with Crippen LogP contribution >= 0.6 is 11.6 Å². The Balaban J connectivity index is 2.07. The number of alkyl halides is 1. The average Bonchev–Trinajstić information content (AvgIpc) is 3.01. The van der Waals surface area contributed by atoms with Crippen molar-refractivity contribution in [3.8, 4) is 5.88 Å². The first-order chi connectivity index (χ1) is 10.1. The summed E-state index contributed by atoms with van der Waals surface area (Å²) in [6, 6.07) is 0. The molecule has 1 aliphatic rings. The van der Waals surface area contributed by atoms with Gasteiger partial charge in [-0.25, -0.2) is 9.37 Å². The summed E-state index contributed by atoms with van der Waals surface area (Å²) in [6.07, 6.45) is -4.06. The quantitative estimate of drug-likeness (QED) is 0.772. The third-order valence-corrected chi connectivity index (χ3v) is 3.47. The molecule has 2 N–H and O–H groups in total. The van der Waals surface area contributed by atoms with E-state index in [0.29, 0.717) is 5.52 Å². The van der Waals surface area contributed by atoms with Gasteiger partial charge in [0.2, 0.25) is 11.2 Å². The van der Waals surface area contributed by atoms with E-state index >= 15 is 0 Å². The minimum absolute atomic E-state index is 0.0891. The van der Waals surface area contributed by atoms with Gasteiger partial charge in [-0.05, 0) is 11.6 Å². The Bertz CT molecular complexity index is 669. The van der Waals surface area contributed by atoms with Crippen LogP contribution in [0.4, 0.5) is 4.39 Å². The van der Waals surface area contributed by atoms with Crippen molar-refractivity contribution in [2.75, 3.05) is 13.7 Å². The number of rotatable bonds is 3. The second-order valence-electron chi connectivity index (χ2n) is 4.51. The Morgan fingerprint density at radius 3 is 2.90 bits per heavy atom. The monoisotopic (exact) mass is 318 g/mol. The van der Waals surface area contributed by atoms with E-state index in [0.717, 1.165) is 0 Å². The van der Waals surface area contributed by atoms with Crippen molar-refractivity contribution in [3.63, 3.8) is 0 Å². The van der Waals surface area contributed by atoms with E-state index in [1.807, 2.05) is 0 Å². The Morgan fingerprint density at radius 2 is 2.29 bits per heavy atom. The fourth-order valence-electron chi connectivity index (χ4n) is 2.27. The molecular formula is C11H12ClFN4O4. The molecule has 4 atom stereocenters. The number of aliphatic hydroxyl groups is 2. The van der Waals surface area contributed by atoms with Crippen LogP contribution in [0.2, 0.25) is 5.28 Å². The van der Waals surface area contributed by atoms with Gasteiger partial charge in [-0.1, -0.05) is 0 Å². The molecule has 0 amide bonds. The number of methoxy groups -OCH3 is 1. The third kappa shape index (κ3) is 2.22. The van der Waals surface area contributed by atoms with Gasteiger partial charge in [0.25, 0.3) is 0 Å². The van der Waals surface area contributed by atoms with Crippen LogP contribution in [0.15, 0.2) is 6.33 Å². The summed E-state index contributed by atoms with van der Waals surface area (Å²) in [6.45, 7) is -0.496. The second-order valence-corrected chi connectivity index (χ2v) is 4.85. The lowest BCUT2D eigenvalue weighted by Crippen LogP contribution is -2.30. The van der Waals surface area contributed by atoms with E-state index in [2.05, 4.69) is 15.0 Å². The topological polar surface area (TPSA) is 103 Å². The minimum Gasteiger partial charge on any atom is -0.479 e. The molecule has 1 aliphatic heterocycles. The van der Waals surface area contributed by atoms with Crippen LogP contribution in [0.25, 0.3) is 11.2 Å². The molecule has 0 unspecified atom stereocenters. The van der Waals surface area contributed by atoms with Crippen molar-refractivity contribution < 1.29 is 24.1 Å². The Morgan fingerprint density at radius 1 is 1.52 bits per heavy atom. The molecule has 8 nitrogen and oxygen atoms in total. The maximum Gasteiger partial charge on any atom is 0.246 e. The van der Waals surface area contributed by atoms with Gasteiger partial charge in [0.05, 0.1) is 20.0 Å². The van der Waals surface area contributed by atoms with Crippen LogP contribution in [0.3, 0.4) is 0 Å². The number of halogens is 2. The smallest absolute Gasteiger partial charge is 0.246 e. The van der Waals surface area contributed by atoms with Crippen molar-refractivity contribution >= 4 is 22.8 Å². The zero-order valence-corrected chi connectivity index (χ0v) is 11.6. The Hall–Kier alpha value is -1.55. The van der Waals surface area contributed by atoms with Crippen molar-refractivity contribution in [1.29, 1.82) is 0 Å². The maximum absolute atomic E-state index is 14.2. The lowest BCUT2D eigenvalue weighted by atomic mass is 10.1. The fraction of sp³-hybridized carbons (Fsp3) is 0.545. The molecule has 10 heteroatoms. The van der Waals surface area contributed by atoms with Gasteiger partial charge in [-0.15, -0.1) is 0 Å². The fourth-order valence-corrected chi connectivity index (χ4v) is 2.43. The van der Waals surface area contributed by atoms with Gasteiger partial charge in [0, 0.05) is 0 Å². The number of aromatic nitrogens is 4. The molecule has 0 radical (unpaired) electrons. The highest BCUT2D eigenvalue weighted by molar-refractivity contribution is 6.28. The van der Waals surface area contributed by atoms with Crippen LogP contribution in [0.1, 0.15) is 6.23 Å². The Labute approximate surface area is 123 Å². The molecule has 0 saturated carbocycles. The van der Waals surface area contributed by atoms with Gasteiger partial charge >= 0.3 is 0 Å². The molecule has 1 fully saturated rings. The van der Waals surface area contributed by atoms with E-state index in [1.54, 1.807) is 0 Å². The van der Waals surface area contributed by atoms with E-state index in [-0.39, 0.29) is 16.8 Å². The number of imidazole rings is 1. The van der Waals surface area contributed by atoms with Crippen LogP contribution in [-0.2, 0) is 4.74 Å². The van der Waals surface area contributed by atoms with E-state index in [4.69, 9.17) is 26.2 Å². The van der Waals surface area contributed by atoms with Gasteiger partial charge in [-0.3, -0.25) is 4.57 Å². The summed E-state index contributed by atoms with van der Waals surface area (Å²) < 4.78 is 25.8. The summed E-state index contributed by atoms with van der Waals surface area (Å²) in [4.78, 5) is 11.9. The van der Waals surface area contributed by atoms with Gasteiger partial charge in [0.15, 0.2) is 23.6 Å². The first kappa shape index (κ1) is 14.4. The number of fused-ring (bicyclic) bond motifs is 1. The maximum atomic E-state index is 14.2. The molecule has 114 valence electrons. The number of nitrogens with zero attached hydrogens (tertiary/aromatic N) is 4. The highest BCUT2D eigenvalue weighted by Gasteiger charge is 2.45. The predicted molar refractivity (Wildman–Crippen MR) is 68.8 cm³/mol. The molecule has 0 spiro atoms. The van der Waals surface area contributed by atoms with Crippen LogP contribution in [-0.4, -0.2) is 61.8 Å². The molecule has 0 aromatic carbocycles. The summed E-state index contributed by atoms with van der Waals surface area (Å²) >= 11 is 5.79. The number of hydrogen-bond acceptors (Lipinski definition) is 7. The lowest BCUT2D eigenvalue weighted by molar-refractivity contribution is -0.0459. The second kappa shape index (κ2) is 5.34. The number of aliphatic hydroxyl groups excluding tert-OH is 2. The summed E-state index contributed by atoms with van der Waals surface area (Å²) in [5.74, 6) is 0.149. The predicted octanol–water partition coefficient (Wildman–Crippen LogP) is 0.0770. The van der Waals surface area contributed by atoms with E-state index < -0.39 is 31.2 Å². The summed E-state index contributed by atoms with van der Waals surface area (Å²) in [5, 5.41) is 18.7. The standard InChI is InChI=1S/C11H12ClFN4O4/c1-20-9-6-8(15-11(12)16-9)17(3-14-6)10-5(13)7(19)4(2-18)21-10/h3-5,7,10,18-19H,2H2,1H3/t4-,5+,7+,10-/m1/s1. The van der Waals surface area contributed by atoms with Gasteiger partial charge in [0.1, 0.15) is 12.2 Å². The molecular weight excluding hydrogens is 307 g/mol. The molecule has 3 heterocycles. The van der Waals surface area contributed by atoms with E-state index in [1.165, 1.54) is 18.0 Å². The van der Waals surface area contributed by atoms with Crippen molar-refractivity contribution in [2.45, 2.75) is 24.6 Å². The van der Waals surface area contributed by atoms with Crippen molar-refractivity contribution in [2.24, 2.45) is 0 Å². The largest absolute Gasteiger partial charge is 0.479 e. The van der Waals surface area contributed by atoms with Crippen LogP contribution < -0.4 is 4.74 Å². The highest BCUT2D eigenvalue weighted by Crippen LogP contribution is 2.34. The first-order valence-electron chi connectivity index (χ1n) is 6.09. The average molecular weight is 319 g/mol. The number of hydrogen-bond donors (Lipinski definition) is 2. The molecule has 0 bridgehead atoms. The van der Waals surface area contributed by atoms with Crippen LogP contribution in [0.5, 0.6) is 5.88 Å². The highest BCUT2D eigenvalue weighted by atomic mass is 35.5. The van der Waals surface area contributed by atoms with Gasteiger partial charge in [-0.2, -0.15) is 9.97 Å². The molecule has 2 aromatic rings. The van der Waals surface area contributed by atoms with Crippen molar-refractivity contribution in [1.82, 2.24) is 19.5 Å². The first-order valence-corrected chi connectivity index (χ1v) is 6.47. The minimum atomic E-state index is -1.74. The summed E-state index contributed by atoms with van der Waals surface area (Å²) in [5.41, 5.74) is 0.505. The molecule has 0 aliphatic carbocycles.